The van der Waals surface area contributed by atoms with Crippen molar-refractivity contribution in [2.75, 3.05) is 24.1 Å². The molecule has 0 amide bonds. The van der Waals surface area contributed by atoms with E-state index in [0.717, 1.165) is 29.7 Å². The van der Waals surface area contributed by atoms with Gasteiger partial charge in [0, 0.05) is 13.2 Å². The Labute approximate surface area is 120 Å². The third-order valence-electron chi connectivity index (χ3n) is 4.39. The van der Waals surface area contributed by atoms with Crippen LogP contribution < -0.4 is 4.31 Å². The number of fused-ring (bicyclic) bond motifs is 1. The van der Waals surface area contributed by atoms with Crippen LogP contribution in [0.25, 0.3) is 0 Å². The van der Waals surface area contributed by atoms with Gasteiger partial charge < -0.3 is 4.74 Å². The van der Waals surface area contributed by atoms with Crippen molar-refractivity contribution in [2.24, 2.45) is 0 Å². The quantitative estimate of drug-likeness (QED) is 0.840. The van der Waals surface area contributed by atoms with Gasteiger partial charge >= 0.3 is 0 Å². The zero-order chi connectivity index (χ0) is 14.3. The topological polar surface area (TPSA) is 46.6 Å². The number of nitrogens with zero attached hydrogens (tertiary/aromatic N) is 1. The fraction of sp³-hybridized carbons (Fsp3) is 0.600. The molecular weight excluding hydrogens is 274 g/mol. The summed E-state index contributed by atoms with van der Waals surface area (Å²) in [5.41, 5.74) is 4.39. The highest BCUT2D eigenvalue weighted by molar-refractivity contribution is 7.93. The van der Waals surface area contributed by atoms with Crippen LogP contribution in [0.5, 0.6) is 0 Å². The molecule has 20 heavy (non-hydrogen) atoms. The van der Waals surface area contributed by atoms with Gasteiger partial charge in [0.1, 0.15) is 5.25 Å². The van der Waals surface area contributed by atoms with Gasteiger partial charge in [-0.05, 0) is 55.9 Å². The second-order valence-corrected chi connectivity index (χ2v) is 7.91. The van der Waals surface area contributed by atoms with E-state index in [-0.39, 0.29) is 5.25 Å². The first-order valence-electron chi connectivity index (χ1n) is 7.19. The predicted molar refractivity (Wildman–Crippen MR) is 79.7 cm³/mol. The zero-order valence-electron chi connectivity index (χ0n) is 12.1. The van der Waals surface area contributed by atoms with Gasteiger partial charge in [0.25, 0.3) is 0 Å². The molecule has 0 aliphatic carbocycles. The summed E-state index contributed by atoms with van der Waals surface area (Å²) in [7, 11) is -3.30. The number of benzene rings is 1. The Morgan fingerprint density at radius 2 is 2.00 bits per heavy atom. The first-order valence-corrected chi connectivity index (χ1v) is 8.70. The maximum absolute atomic E-state index is 12.8. The Hall–Kier alpha value is -1.07. The van der Waals surface area contributed by atoms with Crippen LogP contribution in [0.3, 0.4) is 0 Å². The SMILES string of the molecule is Cc1cc2c(cc1C)N(S(=O)(=O)[C@H]1CCCOC1)CC2. The van der Waals surface area contributed by atoms with Crippen LogP contribution in [0.15, 0.2) is 12.1 Å². The van der Waals surface area contributed by atoms with E-state index in [9.17, 15) is 8.42 Å². The second-order valence-electron chi connectivity index (χ2n) is 5.77. The molecule has 0 spiro atoms. The summed E-state index contributed by atoms with van der Waals surface area (Å²) in [6.45, 7) is 5.68. The van der Waals surface area contributed by atoms with E-state index < -0.39 is 10.0 Å². The van der Waals surface area contributed by atoms with Crippen LogP contribution in [0, 0.1) is 13.8 Å². The lowest BCUT2D eigenvalue weighted by atomic mass is 10.0. The van der Waals surface area contributed by atoms with Crippen LogP contribution >= 0.6 is 0 Å². The van der Waals surface area contributed by atoms with Crippen LogP contribution in [0.4, 0.5) is 5.69 Å². The van der Waals surface area contributed by atoms with Gasteiger partial charge in [-0.15, -0.1) is 0 Å². The number of anilines is 1. The van der Waals surface area contributed by atoms with Gasteiger partial charge in [0.05, 0.1) is 12.3 Å². The molecule has 5 heteroatoms. The van der Waals surface area contributed by atoms with Gasteiger partial charge in [-0.2, -0.15) is 0 Å². The lowest BCUT2D eigenvalue weighted by Gasteiger charge is -2.28. The summed E-state index contributed by atoms with van der Waals surface area (Å²) in [4.78, 5) is 0. The maximum atomic E-state index is 12.8. The molecule has 0 aromatic heterocycles. The standard InChI is InChI=1S/C15H21NO3S/c1-11-8-13-5-6-16(15(13)9-12(11)2)20(17,18)14-4-3-7-19-10-14/h8-9,14H,3-7,10H2,1-2H3/t14-/m0/s1. The van der Waals surface area contributed by atoms with E-state index in [4.69, 9.17) is 4.74 Å². The van der Waals surface area contributed by atoms with Crippen molar-refractivity contribution in [3.8, 4) is 0 Å². The van der Waals surface area contributed by atoms with Gasteiger partial charge in [0.15, 0.2) is 0 Å². The van der Waals surface area contributed by atoms with Gasteiger partial charge in [-0.3, -0.25) is 4.31 Å². The molecule has 0 radical (unpaired) electrons. The van der Waals surface area contributed by atoms with Crippen LogP contribution in [0.1, 0.15) is 29.5 Å². The first kappa shape index (κ1) is 13.9. The zero-order valence-corrected chi connectivity index (χ0v) is 12.9. The highest BCUT2D eigenvalue weighted by Gasteiger charge is 2.37. The molecule has 2 aliphatic heterocycles. The molecular formula is C15H21NO3S. The molecule has 110 valence electrons. The summed E-state index contributed by atoms with van der Waals surface area (Å²) in [6, 6.07) is 4.14. The Balaban J connectivity index is 1.95. The average molecular weight is 295 g/mol. The van der Waals surface area contributed by atoms with E-state index in [1.807, 2.05) is 13.0 Å². The highest BCUT2D eigenvalue weighted by Crippen LogP contribution is 2.34. The largest absolute Gasteiger partial charge is 0.380 e. The van der Waals surface area contributed by atoms with Crippen molar-refractivity contribution < 1.29 is 13.2 Å². The minimum absolute atomic E-state index is 0.332. The molecule has 4 nitrogen and oxygen atoms in total. The number of hydrogen-bond acceptors (Lipinski definition) is 3. The summed E-state index contributed by atoms with van der Waals surface area (Å²) in [5.74, 6) is 0. The van der Waals surface area contributed by atoms with Crippen molar-refractivity contribution in [2.45, 2.75) is 38.4 Å². The molecule has 1 aromatic carbocycles. The van der Waals surface area contributed by atoms with Crippen LogP contribution in [-0.2, 0) is 21.2 Å². The number of rotatable bonds is 2. The normalized spacial score (nSPS) is 22.9. The second kappa shape index (κ2) is 5.04. The lowest BCUT2D eigenvalue weighted by Crippen LogP contribution is -2.42. The van der Waals surface area contributed by atoms with E-state index in [1.165, 1.54) is 5.56 Å². The van der Waals surface area contributed by atoms with Crippen molar-refractivity contribution in [3.05, 3.63) is 28.8 Å². The Morgan fingerprint density at radius 3 is 2.70 bits per heavy atom. The highest BCUT2D eigenvalue weighted by atomic mass is 32.2. The molecule has 3 rings (SSSR count). The monoisotopic (exact) mass is 295 g/mol. The van der Waals surface area contributed by atoms with Crippen LogP contribution in [-0.4, -0.2) is 33.4 Å². The third kappa shape index (κ3) is 2.23. The first-order chi connectivity index (χ1) is 9.50. The summed E-state index contributed by atoms with van der Waals surface area (Å²) in [5, 5.41) is -0.385. The molecule has 1 fully saturated rings. The summed E-state index contributed by atoms with van der Waals surface area (Å²) in [6.07, 6.45) is 2.35. The van der Waals surface area contributed by atoms with E-state index >= 15 is 0 Å². The summed E-state index contributed by atoms with van der Waals surface area (Å²) >= 11 is 0. The van der Waals surface area contributed by atoms with Gasteiger partial charge in [-0.1, -0.05) is 6.07 Å². The van der Waals surface area contributed by atoms with Gasteiger partial charge in [-0.25, -0.2) is 8.42 Å². The minimum atomic E-state index is -3.30. The Bertz CT molecular complexity index is 618. The Morgan fingerprint density at radius 1 is 1.25 bits per heavy atom. The smallest absolute Gasteiger partial charge is 0.240 e. The Kier molecular flexibility index (Phi) is 3.50. The minimum Gasteiger partial charge on any atom is -0.380 e. The lowest BCUT2D eigenvalue weighted by molar-refractivity contribution is 0.0990. The average Bonchev–Trinajstić information content (AvgIpc) is 2.84. The summed E-state index contributed by atoms with van der Waals surface area (Å²) < 4.78 is 32.5. The number of sulfonamides is 1. The van der Waals surface area contributed by atoms with Gasteiger partial charge in [0.2, 0.25) is 10.0 Å². The molecule has 0 saturated carbocycles. The van der Waals surface area contributed by atoms with E-state index in [0.29, 0.717) is 26.2 Å². The van der Waals surface area contributed by atoms with Crippen molar-refractivity contribution in [3.63, 3.8) is 0 Å². The molecule has 0 N–H and O–H groups in total. The number of ether oxygens (including phenoxy) is 1. The predicted octanol–water partition coefficient (Wildman–Crippen LogP) is 2.17. The van der Waals surface area contributed by atoms with Crippen molar-refractivity contribution in [1.82, 2.24) is 0 Å². The fourth-order valence-electron chi connectivity index (χ4n) is 3.03. The molecule has 0 unspecified atom stereocenters. The molecule has 0 bridgehead atoms. The van der Waals surface area contributed by atoms with E-state index in [1.54, 1.807) is 4.31 Å². The van der Waals surface area contributed by atoms with Crippen molar-refractivity contribution in [1.29, 1.82) is 0 Å². The molecule has 1 saturated heterocycles. The molecule has 1 atom stereocenters. The molecule has 2 heterocycles. The maximum Gasteiger partial charge on any atom is 0.240 e. The number of hydrogen-bond donors (Lipinski definition) is 0. The number of aryl methyl sites for hydroxylation is 2. The third-order valence-corrected chi connectivity index (χ3v) is 6.60. The van der Waals surface area contributed by atoms with Crippen LogP contribution in [0.2, 0.25) is 0 Å². The van der Waals surface area contributed by atoms with Crippen molar-refractivity contribution >= 4 is 15.7 Å². The fourth-order valence-corrected chi connectivity index (χ4v) is 4.91. The van der Waals surface area contributed by atoms with E-state index in [2.05, 4.69) is 13.0 Å². The molecule has 1 aromatic rings. The molecule has 2 aliphatic rings.